The second kappa shape index (κ2) is 4.21. The Labute approximate surface area is 99.9 Å². The van der Waals surface area contributed by atoms with E-state index in [1.807, 2.05) is 0 Å². The Bertz CT molecular complexity index is 680. The Hall–Kier alpha value is -2.83. The maximum Gasteiger partial charge on any atom is 0.288 e. The third-order valence-corrected chi connectivity index (χ3v) is 2.53. The van der Waals surface area contributed by atoms with Crippen molar-refractivity contribution in [1.29, 1.82) is 0 Å². The van der Waals surface area contributed by atoms with Gasteiger partial charge in [-0.15, -0.1) is 0 Å². The fraction of sp³-hybridized carbons (Fsp3) is 0. The summed E-state index contributed by atoms with van der Waals surface area (Å²) >= 11 is 0. The summed E-state index contributed by atoms with van der Waals surface area (Å²) in [5.41, 5.74) is -1.03. The van der Waals surface area contributed by atoms with Gasteiger partial charge in [0.15, 0.2) is 6.29 Å². The van der Waals surface area contributed by atoms with Crippen LogP contribution in [0.2, 0.25) is 0 Å². The minimum Gasteiger partial charge on any atom is -0.298 e. The molecule has 90 valence electrons. The number of aldehydes is 1. The standard InChI is InChI=1S/C11H6N2O5/c14-6-7-5-10(12(15)16)8-3-1-2-4-9(8)11(7)13(17)18/h1-6H. The van der Waals surface area contributed by atoms with Gasteiger partial charge in [-0.2, -0.15) is 0 Å². The lowest BCUT2D eigenvalue weighted by Gasteiger charge is -2.03. The van der Waals surface area contributed by atoms with E-state index in [2.05, 4.69) is 0 Å². The quantitative estimate of drug-likeness (QED) is 0.470. The lowest BCUT2D eigenvalue weighted by Crippen LogP contribution is -1.99. The summed E-state index contributed by atoms with van der Waals surface area (Å²) in [6.07, 6.45) is 0.248. The summed E-state index contributed by atoms with van der Waals surface area (Å²) in [6, 6.07) is 6.78. The molecule has 0 fully saturated rings. The number of hydrogen-bond acceptors (Lipinski definition) is 5. The minimum absolute atomic E-state index is 0.0822. The van der Waals surface area contributed by atoms with Gasteiger partial charge in [-0.05, 0) is 12.1 Å². The SMILES string of the molecule is O=Cc1cc([N+](=O)[O-])c2ccccc2c1[N+](=O)[O-]. The summed E-state index contributed by atoms with van der Waals surface area (Å²) in [6.45, 7) is 0. The molecule has 0 aliphatic heterocycles. The number of rotatable bonds is 3. The van der Waals surface area contributed by atoms with Gasteiger partial charge in [-0.25, -0.2) is 0 Å². The van der Waals surface area contributed by atoms with Gasteiger partial charge in [0.1, 0.15) is 0 Å². The fourth-order valence-corrected chi connectivity index (χ4v) is 1.81. The Kier molecular flexibility index (Phi) is 2.72. The van der Waals surface area contributed by atoms with Crippen molar-refractivity contribution in [2.75, 3.05) is 0 Å². The number of carbonyl (C=O) groups excluding carboxylic acids is 1. The van der Waals surface area contributed by atoms with E-state index in [9.17, 15) is 25.0 Å². The molecule has 0 aliphatic rings. The normalized spacial score (nSPS) is 10.2. The van der Waals surface area contributed by atoms with Crippen LogP contribution in [0.25, 0.3) is 10.8 Å². The topological polar surface area (TPSA) is 103 Å². The number of carbonyl (C=O) groups is 1. The molecule has 7 heteroatoms. The van der Waals surface area contributed by atoms with Gasteiger partial charge in [0.05, 0.1) is 26.2 Å². The van der Waals surface area contributed by atoms with Gasteiger partial charge in [-0.1, -0.05) is 12.1 Å². The highest BCUT2D eigenvalue weighted by Gasteiger charge is 2.24. The highest BCUT2D eigenvalue weighted by atomic mass is 16.6. The molecule has 0 spiro atoms. The highest BCUT2D eigenvalue weighted by Crippen LogP contribution is 2.35. The zero-order chi connectivity index (χ0) is 13.3. The Morgan fingerprint density at radius 2 is 1.61 bits per heavy atom. The molecule has 0 bridgehead atoms. The highest BCUT2D eigenvalue weighted by molar-refractivity contribution is 6.03. The van der Waals surface area contributed by atoms with Gasteiger partial charge < -0.3 is 0 Å². The molecule has 0 amide bonds. The maximum atomic E-state index is 11.0. The third kappa shape index (κ3) is 1.67. The van der Waals surface area contributed by atoms with Crippen molar-refractivity contribution in [2.24, 2.45) is 0 Å². The van der Waals surface area contributed by atoms with E-state index in [1.165, 1.54) is 18.2 Å². The average Bonchev–Trinajstić information content (AvgIpc) is 2.35. The monoisotopic (exact) mass is 246 g/mol. The number of nitro benzene ring substituents is 2. The first-order chi connectivity index (χ1) is 8.56. The molecule has 0 N–H and O–H groups in total. The van der Waals surface area contributed by atoms with Crippen molar-refractivity contribution < 1.29 is 14.6 Å². The molecular weight excluding hydrogens is 240 g/mol. The number of fused-ring (bicyclic) bond motifs is 1. The molecule has 0 radical (unpaired) electrons. The molecule has 0 saturated carbocycles. The van der Waals surface area contributed by atoms with Gasteiger partial charge in [0.2, 0.25) is 0 Å². The molecule has 0 saturated heterocycles. The number of benzene rings is 2. The van der Waals surface area contributed by atoms with E-state index in [0.717, 1.165) is 6.07 Å². The van der Waals surface area contributed by atoms with Crippen LogP contribution in [0.1, 0.15) is 10.4 Å². The molecule has 0 unspecified atom stereocenters. The van der Waals surface area contributed by atoms with Crippen molar-refractivity contribution in [3.05, 3.63) is 56.1 Å². The number of nitrogens with zero attached hydrogens (tertiary/aromatic N) is 2. The van der Waals surface area contributed by atoms with Crippen molar-refractivity contribution >= 4 is 28.4 Å². The molecule has 0 atom stereocenters. The summed E-state index contributed by atoms with van der Waals surface area (Å²) in [7, 11) is 0. The Morgan fingerprint density at radius 3 is 2.11 bits per heavy atom. The first-order valence-corrected chi connectivity index (χ1v) is 4.86. The molecule has 0 heterocycles. The van der Waals surface area contributed by atoms with Crippen LogP contribution in [0.4, 0.5) is 11.4 Å². The van der Waals surface area contributed by atoms with Crippen LogP contribution >= 0.6 is 0 Å². The van der Waals surface area contributed by atoms with Gasteiger partial charge in [0, 0.05) is 6.07 Å². The lowest BCUT2D eigenvalue weighted by atomic mass is 10.0. The van der Waals surface area contributed by atoms with Gasteiger partial charge >= 0.3 is 0 Å². The molecule has 2 rings (SSSR count). The van der Waals surface area contributed by atoms with Gasteiger partial charge in [-0.3, -0.25) is 25.0 Å². The average molecular weight is 246 g/mol. The zero-order valence-corrected chi connectivity index (χ0v) is 8.90. The van der Waals surface area contributed by atoms with E-state index < -0.39 is 15.5 Å². The molecule has 0 aliphatic carbocycles. The van der Waals surface area contributed by atoms with E-state index in [1.54, 1.807) is 6.07 Å². The molecular formula is C11H6N2O5. The molecule has 2 aromatic carbocycles. The second-order valence-corrected chi connectivity index (χ2v) is 3.51. The molecule has 2 aromatic rings. The predicted molar refractivity (Wildman–Crippen MR) is 62.6 cm³/mol. The van der Waals surface area contributed by atoms with Crippen LogP contribution in [-0.2, 0) is 0 Å². The fourth-order valence-electron chi connectivity index (χ4n) is 1.81. The smallest absolute Gasteiger partial charge is 0.288 e. The summed E-state index contributed by atoms with van der Waals surface area (Å²) < 4.78 is 0. The summed E-state index contributed by atoms with van der Waals surface area (Å²) in [5, 5.41) is 22.1. The van der Waals surface area contributed by atoms with E-state index in [-0.39, 0.29) is 28.3 Å². The van der Waals surface area contributed by atoms with Crippen LogP contribution in [0, 0.1) is 20.2 Å². The molecule has 18 heavy (non-hydrogen) atoms. The van der Waals surface area contributed by atoms with Crippen molar-refractivity contribution in [2.45, 2.75) is 0 Å². The predicted octanol–water partition coefficient (Wildman–Crippen LogP) is 2.47. The maximum absolute atomic E-state index is 11.0. The van der Waals surface area contributed by atoms with E-state index in [4.69, 9.17) is 0 Å². The second-order valence-electron chi connectivity index (χ2n) is 3.51. The summed E-state index contributed by atoms with van der Waals surface area (Å²) in [5.74, 6) is 0. The van der Waals surface area contributed by atoms with Gasteiger partial charge in [0.25, 0.3) is 11.4 Å². The largest absolute Gasteiger partial charge is 0.298 e. The van der Waals surface area contributed by atoms with Crippen LogP contribution < -0.4 is 0 Å². The van der Waals surface area contributed by atoms with Crippen LogP contribution in [0.15, 0.2) is 30.3 Å². The summed E-state index contributed by atoms with van der Waals surface area (Å²) in [4.78, 5) is 31.3. The molecule has 0 aromatic heterocycles. The van der Waals surface area contributed by atoms with Crippen molar-refractivity contribution in [3.8, 4) is 0 Å². The number of nitro groups is 2. The first-order valence-electron chi connectivity index (χ1n) is 4.86. The van der Waals surface area contributed by atoms with E-state index in [0.29, 0.717) is 0 Å². The molecule has 7 nitrogen and oxygen atoms in total. The van der Waals surface area contributed by atoms with E-state index >= 15 is 0 Å². The number of hydrogen-bond donors (Lipinski definition) is 0. The first kappa shape index (κ1) is 11.6. The minimum atomic E-state index is -0.713. The van der Waals surface area contributed by atoms with Crippen LogP contribution in [0.5, 0.6) is 0 Å². The van der Waals surface area contributed by atoms with Crippen LogP contribution in [0.3, 0.4) is 0 Å². The van der Waals surface area contributed by atoms with Crippen molar-refractivity contribution in [3.63, 3.8) is 0 Å². The Morgan fingerprint density at radius 1 is 1.00 bits per heavy atom. The third-order valence-electron chi connectivity index (χ3n) is 2.53. The Balaban J connectivity index is 3.01. The zero-order valence-electron chi connectivity index (χ0n) is 8.90. The van der Waals surface area contributed by atoms with Crippen LogP contribution in [-0.4, -0.2) is 16.1 Å². The van der Waals surface area contributed by atoms with Crippen molar-refractivity contribution in [1.82, 2.24) is 0 Å². The lowest BCUT2D eigenvalue weighted by molar-refractivity contribution is -0.386. The number of non-ortho nitro benzene ring substituents is 1.